The average Bonchev–Trinajstić information content (AvgIpc) is 3.65. The number of anilines is 3. The van der Waals surface area contributed by atoms with E-state index in [1.807, 2.05) is 11.3 Å². The predicted molar refractivity (Wildman–Crippen MR) is 243 cm³/mol. The minimum atomic E-state index is 1.06. The molecule has 2 heteroatoms. The fourth-order valence-electron chi connectivity index (χ4n) is 8.70. The molecular weight excluding hydrogens is 695 g/mol. The molecule has 0 bridgehead atoms. The number of allylic oxidation sites excluding steroid dienone is 1. The minimum absolute atomic E-state index is 1.06. The molecule has 1 heterocycles. The zero-order chi connectivity index (χ0) is 37.0. The van der Waals surface area contributed by atoms with Gasteiger partial charge in [0.25, 0.3) is 0 Å². The molecule has 0 aliphatic heterocycles. The molecule has 0 saturated carbocycles. The van der Waals surface area contributed by atoms with Gasteiger partial charge < -0.3 is 4.90 Å². The maximum Gasteiger partial charge on any atom is 0.0467 e. The number of thiophene rings is 1. The topological polar surface area (TPSA) is 3.24 Å². The van der Waals surface area contributed by atoms with E-state index in [1.54, 1.807) is 0 Å². The van der Waals surface area contributed by atoms with Gasteiger partial charge in [-0.05, 0) is 140 Å². The Morgan fingerprint density at radius 2 is 1.04 bits per heavy atom. The Morgan fingerprint density at radius 3 is 1.88 bits per heavy atom. The standard InChI is InChI=1S/C54H37NS/c1-2-11-39-32-41(21-20-36(39)10-1)40-13-9-14-46(33-40)55(44-27-22-37(23-28-44)42-26-31-51-50-18-7-8-19-53(50)56-54(51)35-42)45-29-24-38(25-30-45)52-34-43-12-3-4-15-47(43)48-16-5-6-17-49(48)52/h1-5,7-16,18-35H,6,17H2. The van der Waals surface area contributed by atoms with E-state index in [0.717, 1.165) is 29.9 Å². The summed E-state index contributed by atoms with van der Waals surface area (Å²) in [5, 5.41) is 7.79. The van der Waals surface area contributed by atoms with Crippen molar-refractivity contribution in [1.29, 1.82) is 0 Å². The summed E-state index contributed by atoms with van der Waals surface area (Å²) in [4.78, 5) is 2.39. The molecule has 1 aromatic heterocycles. The monoisotopic (exact) mass is 731 g/mol. The van der Waals surface area contributed by atoms with Crippen molar-refractivity contribution in [3.8, 4) is 33.4 Å². The minimum Gasteiger partial charge on any atom is -0.310 e. The SMILES string of the molecule is C1=Cc2c(c(-c3ccc(N(c4ccc(-c5ccc6c(c5)sc5ccccc56)cc4)c4cccc(-c5ccc6ccccc6c5)c4)cc3)cc3ccccc23)CC1. The van der Waals surface area contributed by atoms with E-state index >= 15 is 0 Å². The first-order valence-corrected chi connectivity index (χ1v) is 20.3. The third-order valence-corrected chi connectivity index (χ3v) is 12.6. The van der Waals surface area contributed by atoms with E-state index < -0.39 is 0 Å². The van der Waals surface area contributed by atoms with E-state index in [4.69, 9.17) is 0 Å². The van der Waals surface area contributed by atoms with E-state index in [-0.39, 0.29) is 0 Å². The highest BCUT2D eigenvalue weighted by molar-refractivity contribution is 7.25. The first kappa shape index (κ1) is 32.7. The summed E-state index contributed by atoms with van der Waals surface area (Å²) in [6.07, 6.45) is 6.78. The van der Waals surface area contributed by atoms with Crippen LogP contribution in [0.1, 0.15) is 17.5 Å². The van der Waals surface area contributed by atoms with Crippen LogP contribution in [-0.2, 0) is 6.42 Å². The molecule has 1 aliphatic rings. The number of fused-ring (bicyclic) bond motifs is 7. The highest BCUT2D eigenvalue weighted by Crippen LogP contribution is 2.42. The van der Waals surface area contributed by atoms with Crippen LogP contribution in [0.15, 0.2) is 194 Å². The highest BCUT2D eigenvalue weighted by Gasteiger charge is 2.18. The second-order valence-electron chi connectivity index (χ2n) is 14.8. The van der Waals surface area contributed by atoms with Gasteiger partial charge in [0.15, 0.2) is 0 Å². The number of hydrogen-bond acceptors (Lipinski definition) is 2. The fraction of sp³-hybridized carbons (Fsp3) is 0.0370. The predicted octanol–water partition coefficient (Wildman–Crippen LogP) is 15.8. The van der Waals surface area contributed by atoms with Crippen molar-refractivity contribution in [3.63, 3.8) is 0 Å². The van der Waals surface area contributed by atoms with Gasteiger partial charge in [0.1, 0.15) is 0 Å². The van der Waals surface area contributed by atoms with Gasteiger partial charge in [0, 0.05) is 37.2 Å². The molecule has 11 rings (SSSR count). The average molecular weight is 732 g/mol. The van der Waals surface area contributed by atoms with Crippen LogP contribution < -0.4 is 4.90 Å². The van der Waals surface area contributed by atoms with Crippen LogP contribution >= 0.6 is 11.3 Å². The molecule has 0 N–H and O–H groups in total. The largest absolute Gasteiger partial charge is 0.310 e. The molecule has 0 atom stereocenters. The van der Waals surface area contributed by atoms with Crippen molar-refractivity contribution in [2.45, 2.75) is 12.8 Å². The van der Waals surface area contributed by atoms with Gasteiger partial charge in [-0.3, -0.25) is 0 Å². The summed E-state index contributed by atoms with van der Waals surface area (Å²) in [5.74, 6) is 0. The van der Waals surface area contributed by atoms with Crippen LogP contribution in [0.4, 0.5) is 17.1 Å². The van der Waals surface area contributed by atoms with Crippen molar-refractivity contribution in [3.05, 3.63) is 205 Å². The molecule has 1 aliphatic carbocycles. The van der Waals surface area contributed by atoms with Crippen molar-refractivity contribution in [2.24, 2.45) is 0 Å². The molecule has 56 heavy (non-hydrogen) atoms. The second kappa shape index (κ2) is 13.5. The van der Waals surface area contributed by atoms with Crippen LogP contribution in [0.3, 0.4) is 0 Å². The van der Waals surface area contributed by atoms with Crippen molar-refractivity contribution < 1.29 is 0 Å². The zero-order valence-corrected chi connectivity index (χ0v) is 31.6. The molecule has 0 spiro atoms. The Morgan fingerprint density at radius 1 is 0.393 bits per heavy atom. The third-order valence-electron chi connectivity index (χ3n) is 11.5. The highest BCUT2D eigenvalue weighted by atomic mass is 32.1. The quantitative estimate of drug-likeness (QED) is 0.165. The van der Waals surface area contributed by atoms with Crippen molar-refractivity contribution in [1.82, 2.24) is 0 Å². The van der Waals surface area contributed by atoms with Gasteiger partial charge in [-0.15, -0.1) is 11.3 Å². The van der Waals surface area contributed by atoms with Crippen LogP contribution in [-0.4, -0.2) is 0 Å². The molecule has 10 aromatic rings. The lowest BCUT2D eigenvalue weighted by Gasteiger charge is -2.27. The lowest BCUT2D eigenvalue weighted by molar-refractivity contribution is 0.992. The third kappa shape index (κ3) is 5.70. The molecule has 0 radical (unpaired) electrons. The van der Waals surface area contributed by atoms with Crippen LogP contribution in [0.2, 0.25) is 0 Å². The molecule has 0 fully saturated rings. The summed E-state index contributed by atoms with van der Waals surface area (Å²) >= 11 is 1.87. The Bertz CT molecular complexity index is 3130. The van der Waals surface area contributed by atoms with Gasteiger partial charge >= 0.3 is 0 Å². The Hall–Kier alpha value is -6.74. The summed E-state index contributed by atoms with van der Waals surface area (Å²) in [6.45, 7) is 0. The van der Waals surface area contributed by atoms with Gasteiger partial charge in [-0.1, -0.05) is 140 Å². The molecular formula is C54H37NS. The summed E-state index contributed by atoms with van der Waals surface area (Å²) in [5.41, 5.74) is 13.6. The van der Waals surface area contributed by atoms with Gasteiger partial charge in [-0.25, -0.2) is 0 Å². The van der Waals surface area contributed by atoms with Crippen molar-refractivity contribution in [2.75, 3.05) is 4.90 Å². The van der Waals surface area contributed by atoms with Crippen LogP contribution in [0.5, 0.6) is 0 Å². The zero-order valence-electron chi connectivity index (χ0n) is 30.8. The maximum atomic E-state index is 2.39. The maximum absolute atomic E-state index is 2.39. The number of rotatable bonds is 6. The van der Waals surface area contributed by atoms with Crippen LogP contribution in [0, 0.1) is 0 Å². The molecule has 1 nitrogen and oxygen atoms in total. The first-order chi connectivity index (χ1) is 27.7. The molecule has 264 valence electrons. The Labute approximate surface area is 331 Å². The van der Waals surface area contributed by atoms with Gasteiger partial charge in [-0.2, -0.15) is 0 Å². The smallest absolute Gasteiger partial charge is 0.0467 e. The van der Waals surface area contributed by atoms with E-state index in [2.05, 4.69) is 205 Å². The Kier molecular flexibility index (Phi) is 7.89. The van der Waals surface area contributed by atoms with E-state index in [9.17, 15) is 0 Å². The summed E-state index contributed by atoms with van der Waals surface area (Å²) in [6, 6.07) is 69.4. The normalized spacial score (nSPS) is 12.4. The van der Waals surface area contributed by atoms with Gasteiger partial charge in [0.05, 0.1) is 0 Å². The molecule has 0 unspecified atom stereocenters. The van der Waals surface area contributed by atoms with E-state index in [1.165, 1.54) is 86.2 Å². The number of benzene rings is 9. The molecule has 0 saturated heterocycles. The number of hydrogen-bond donors (Lipinski definition) is 0. The fourth-order valence-corrected chi connectivity index (χ4v) is 9.85. The summed E-state index contributed by atoms with van der Waals surface area (Å²) < 4.78 is 2.66. The summed E-state index contributed by atoms with van der Waals surface area (Å²) in [7, 11) is 0. The first-order valence-electron chi connectivity index (χ1n) is 19.5. The lowest BCUT2D eigenvalue weighted by Crippen LogP contribution is -2.10. The van der Waals surface area contributed by atoms with Gasteiger partial charge in [0.2, 0.25) is 0 Å². The molecule has 9 aromatic carbocycles. The Balaban J connectivity index is 1.01. The molecule has 0 amide bonds. The lowest BCUT2D eigenvalue weighted by atomic mass is 9.85. The van der Waals surface area contributed by atoms with Crippen LogP contribution in [0.25, 0.3) is 81.2 Å². The van der Waals surface area contributed by atoms with Crippen molar-refractivity contribution >= 4 is 76.2 Å². The second-order valence-corrected chi connectivity index (χ2v) is 15.9. The number of nitrogens with zero attached hydrogens (tertiary/aromatic N) is 1. The van der Waals surface area contributed by atoms with E-state index in [0.29, 0.717) is 0 Å².